The molecule has 0 radical (unpaired) electrons. The highest BCUT2D eigenvalue weighted by molar-refractivity contribution is 7.19. The number of fused-ring (bicyclic) bond motifs is 6. The maximum absolute atomic E-state index is 5.45. The maximum Gasteiger partial charge on any atom is 0.181 e. The second-order valence-corrected chi connectivity index (χ2v) is 30.5. The molecule has 0 bridgehead atoms. The van der Waals surface area contributed by atoms with Crippen LogP contribution < -0.4 is 0 Å². The number of rotatable bonds is 0. The molecular formula is C101H137N11OS2. The molecule has 7 aromatic carbocycles. The highest BCUT2D eigenvalue weighted by Crippen LogP contribution is 2.26. The van der Waals surface area contributed by atoms with Crippen molar-refractivity contribution >= 4 is 87.9 Å². The van der Waals surface area contributed by atoms with Gasteiger partial charge in [-0.05, 0) is 288 Å². The Kier molecular flexibility index (Phi) is 46.0. The number of nitrogens with zero attached hydrogens (tertiary/aromatic N) is 10. The molecule has 115 heavy (non-hydrogen) atoms. The average Bonchev–Trinajstić information content (AvgIpc) is 1.78. The molecule has 17 rings (SSSR count). The standard InChI is InChI=1S/C11H13N.C10H12N2.C10H10O.C10H10S.C9H10N2.C8H8N4.2C8H10.2C7H9N.C6H8S.7CH4/c1-8-4-5-10-7-9(2)12(3)11(10)6-8;1-7-4-5-9-10(6-7)12(3)8(2)11-9;2*1-7-3-4-9-6-8(2)11-10(9)5-7;1-6-3-4-8-9(5-6)11-7(2)10-8;1-5-3-9-8-7(12-5)6(2)10-4-11-8;2*1-7-4-3-5-8(2)6-7;2*1-6-4-3-5-7(2)8-6;1-5-3-4-6(2)7-5;;;;;;;/h4-7H,1-3H3;4-6H,1-3H3;2*3-6H,1-2H3;3-5H,1-2H3,(H,10,11);3-4H,1-2H3;2*3-6H,1-2H3;2*3-5H,1-2H3;3-4H,1-2H3;7*1H4. The summed E-state index contributed by atoms with van der Waals surface area (Å²) in [5.74, 6) is 3.02. The van der Waals surface area contributed by atoms with Gasteiger partial charge in [0.05, 0.1) is 39.7 Å². The number of nitrogens with one attached hydrogen (secondary N) is 1. The van der Waals surface area contributed by atoms with E-state index in [-0.39, 0.29) is 52.0 Å². The molecule has 0 unspecified atom stereocenters. The van der Waals surface area contributed by atoms with E-state index in [9.17, 15) is 0 Å². The van der Waals surface area contributed by atoms with E-state index in [2.05, 4.69) is 315 Å². The van der Waals surface area contributed by atoms with Gasteiger partial charge < -0.3 is 18.5 Å². The number of aryl methyl sites for hydroxylation is 24. The van der Waals surface area contributed by atoms with Crippen LogP contribution in [0.25, 0.3) is 65.2 Å². The topological polar surface area (TPSA) is 142 Å². The number of pyridine rings is 2. The van der Waals surface area contributed by atoms with Gasteiger partial charge in [0.25, 0.3) is 0 Å². The molecule has 0 amide bonds. The van der Waals surface area contributed by atoms with Crippen LogP contribution in [-0.4, -0.2) is 54.0 Å². The number of H-pyrrole nitrogens is 1. The van der Waals surface area contributed by atoms with Crippen molar-refractivity contribution in [2.24, 2.45) is 14.1 Å². The van der Waals surface area contributed by atoms with Crippen LogP contribution in [0.5, 0.6) is 0 Å². The Bertz CT molecular complexity index is 5160. The quantitative estimate of drug-likeness (QED) is 0.157. The van der Waals surface area contributed by atoms with Crippen LogP contribution in [0.2, 0.25) is 0 Å². The summed E-state index contributed by atoms with van der Waals surface area (Å²) in [6.07, 6.45) is 3.20. The van der Waals surface area contributed by atoms with Gasteiger partial charge in [-0.15, -0.1) is 22.7 Å². The van der Waals surface area contributed by atoms with Crippen molar-refractivity contribution in [1.29, 1.82) is 0 Å². The van der Waals surface area contributed by atoms with Crippen molar-refractivity contribution in [2.75, 3.05) is 0 Å². The summed E-state index contributed by atoms with van der Waals surface area (Å²) in [6, 6.07) is 71.6. The van der Waals surface area contributed by atoms with Crippen molar-refractivity contribution in [1.82, 2.24) is 54.0 Å². The van der Waals surface area contributed by atoms with Crippen LogP contribution in [0.3, 0.4) is 0 Å². The van der Waals surface area contributed by atoms with Crippen LogP contribution in [0, 0.1) is 152 Å². The Morgan fingerprint density at radius 1 is 0.330 bits per heavy atom. The van der Waals surface area contributed by atoms with Gasteiger partial charge in [-0.25, -0.2) is 29.9 Å². The van der Waals surface area contributed by atoms with Gasteiger partial charge in [0.15, 0.2) is 5.65 Å². The molecule has 0 fully saturated rings. The number of benzene rings is 7. The minimum Gasteiger partial charge on any atom is -0.461 e. The van der Waals surface area contributed by atoms with Gasteiger partial charge in [0, 0.05) is 72.8 Å². The lowest BCUT2D eigenvalue weighted by molar-refractivity contribution is 0.578. The zero-order chi connectivity index (χ0) is 78.7. The van der Waals surface area contributed by atoms with Crippen molar-refractivity contribution in [3.63, 3.8) is 0 Å². The highest BCUT2D eigenvalue weighted by Gasteiger charge is 2.06. The molecule has 0 spiro atoms. The van der Waals surface area contributed by atoms with E-state index < -0.39 is 0 Å². The molecule has 12 nitrogen and oxygen atoms in total. The van der Waals surface area contributed by atoms with Crippen LogP contribution in [0.4, 0.5) is 0 Å². The van der Waals surface area contributed by atoms with Crippen molar-refractivity contribution in [3.05, 3.63) is 341 Å². The molecule has 10 aromatic heterocycles. The first-order chi connectivity index (χ1) is 51.3. The molecule has 0 atom stereocenters. The van der Waals surface area contributed by atoms with Crippen LogP contribution in [0.15, 0.2) is 223 Å². The maximum atomic E-state index is 5.45. The van der Waals surface area contributed by atoms with Gasteiger partial charge in [0.1, 0.15) is 34.8 Å². The normalized spacial score (nSPS) is 9.60. The molecule has 0 saturated heterocycles. The Balaban J connectivity index is 0.00000124. The number of imidazole rings is 2. The summed E-state index contributed by atoms with van der Waals surface area (Å²) in [6.45, 7) is 45.2. The van der Waals surface area contributed by atoms with E-state index in [1.54, 1.807) is 6.20 Å². The van der Waals surface area contributed by atoms with Crippen molar-refractivity contribution < 1.29 is 4.42 Å². The summed E-state index contributed by atoms with van der Waals surface area (Å²) in [4.78, 5) is 40.9. The SMILES string of the molecule is C.C.C.C.C.C.C.Cc1ccc(C)s1.Cc1ccc2cc(C)n(C)c2c1.Cc1ccc2cc(C)oc2c1.Cc1ccc2cc(C)sc2c1.Cc1ccc2nc(C)[nH]c2c1.Cc1ccc2nc(C)n(C)c2c1.Cc1cccc(C)c1.Cc1cccc(C)c1.Cc1cccc(C)n1.Cc1cccc(C)n1.Cc1cnc2ncnc(C)c2n1. The third-order valence-corrected chi connectivity index (χ3v) is 18.9. The molecule has 614 valence electrons. The van der Waals surface area contributed by atoms with E-state index in [0.717, 1.165) is 79.2 Å². The van der Waals surface area contributed by atoms with Gasteiger partial charge in [0.2, 0.25) is 0 Å². The zero-order valence-electron chi connectivity index (χ0n) is 68.0. The number of aromatic amines is 1. The summed E-state index contributed by atoms with van der Waals surface area (Å²) < 4.78 is 11.2. The molecule has 0 aliphatic carbocycles. The minimum atomic E-state index is 0. The van der Waals surface area contributed by atoms with Crippen LogP contribution >= 0.6 is 22.7 Å². The summed E-state index contributed by atoms with van der Waals surface area (Å²) in [5, 5.41) is 3.90. The Morgan fingerprint density at radius 2 is 0.783 bits per heavy atom. The number of thiophene rings is 2. The molecule has 0 aliphatic heterocycles. The van der Waals surface area contributed by atoms with E-state index >= 15 is 0 Å². The zero-order valence-corrected chi connectivity index (χ0v) is 69.6. The molecule has 0 aliphatic rings. The first-order valence-electron chi connectivity index (χ1n) is 36.4. The van der Waals surface area contributed by atoms with E-state index in [1.165, 1.54) is 109 Å². The second kappa shape index (κ2) is 50.9. The minimum absolute atomic E-state index is 0. The number of hydrogen-bond acceptors (Lipinski definition) is 11. The number of furan rings is 1. The first kappa shape index (κ1) is 104. The second-order valence-electron chi connectivity index (χ2n) is 27.7. The third kappa shape index (κ3) is 34.7. The third-order valence-electron chi connectivity index (χ3n) is 17.0. The van der Waals surface area contributed by atoms with E-state index in [0.29, 0.717) is 5.65 Å². The van der Waals surface area contributed by atoms with Crippen LogP contribution in [0.1, 0.15) is 174 Å². The summed E-state index contributed by atoms with van der Waals surface area (Å²) in [5.41, 5.74) is 27.5. The smallest absolute Gasteiger partial charge is 0.181 e. The van der Waals surface area contributed by atoms with E-state index in [1.807, 2.05) is 134 Å². The average molecular weight is 1590 g/mol. The molecule has 1 N–H and O–H groups in total. The van der Waals surface area contributed by atoms with Gasteiger partial charge in [-0.1, -0.05) is 183 Å². The first-order valence-corrected chi connectivity index (χ1v) is 38.1. The lowest BCUT2D eigenvalue weighted by atomic mass is 10.2. The van der Waals surface area contributed by atoms with Crippen LogP contribution in [-0.2, 0) is 14.1 Å². The van der Waals surface area contributed by atoms with Crippen molar-refractivity contribution in [3.8, 4) is 0 Å². The lowest BCUT2D eigenvalue weighted by Gasteiger charge is -1.98. The number of hydrogen-bond donors (Lipinski definition) is 1. The molecule has 10 heterocycles. The predicted molar refractivity (Wildman–Crippen MR) is 510 cm³/mol. The lowest BCUT2D eigenvalue weighted by Crippen LogP contribution is -1.94. The Morgan fingerprint density at radius 3 is 1.27 bits per heavy atom. The molecule has 14 heteroatoms. The van der Waals surface area contributed by atoms with Crippen molar-refractivity contribution in [2.45, 2.75) is 204 Å². The highest BCUT2D eigenvalue weighted by atomic mass is 32.1. The fourth-order valence-corrected chi connectivity index (χ4v) is 13.2. The fourth-order valence-electron chi connectivity index (χ4n) is 11.4. The van der Waals surface area contributed by atoms with Gasteiger partial charge in [-0.2, -0.15) is 0 Å². The van der Waals surface area contributed by atoms with E-state index in [4.69, 9.17) is 4.42 Å². The van der Waals surface area contributed by atoms with Gasteiger partial charge >= 0.3 is 0 Å². The Hall–Kier alpha value is -11.1. The predicted octanol–water partition coefficient (Wildman–Crippen LogP) is 29.6. The summed E-state index contributed by atoms with van der Waals surface area (Å²) >= 11 is 3.71. The largest absolute Gasteiger partial charge is 0.461 e. The monoisotopic (exact) mass is 1580 g/mol. The summed E-state index contributed by atoms with van der Waals surface area (Å²) in [7, 11) is 4.15. The fraction of sp³-hybridized carbons (Fsp3) is 0.307. The molecule has 17 aromatic rings. The molecular weight excluding hydrogens is 1450 g/mol. The van der Waals surface area contributed by atoms with Gasteiger partial charge in [-0.3, -0.25) is 9.97 Å². The molecule has 0 saturated carbocycles. The number of aromatic nitrogens is 11. The Labute approximate surface area is 700 Å².